The number of aliphatic hydroxyl groups is 1. The summed E-state index contributed by atoms with van der Waals surface area (Å²) in [5, 5.41) is 25.7. The predicted molar refractivity (Wildman–Crippen MR) is 119 cm³/mol. The zero-order chi connectivity index (χ0) is 22.4. The smallest absolute Gasteiger partial charge is 0.254 e. The zero-order valence-corrected chi connectivity index (χ0v) is 18.0. The lowest BCUT2D eigenvalue weighted by Gasteiger charge is -2.19. The number of halogens is 2. The number of aliphatic hydroxyl groups excluding tert-OH is 1. The van der Waals surface area contributed by atoms with Gasteiger partial charge in [-0.3, -0.25) is 9.36 Å². The lowest BCUT2D eigenvalue weighted by Crippen LogP contribution is -2.43. The molecule has 0 unspecified atom stereocenters. The van der Waals surface area contributed by atoms with Crippen molar-refractivity contribution in [1.82, 2.24) is 25.2 Å². The average molecular weight is 474 g/mol. The van der Waals surface area contributed by atoms with Crippen LogP contribution in [0.4, 0.5) is 11.5 Å². The molecule has 1 aliphatic heterocycles. The van der Waals surface area contributed by atoms with Crippen molar-refractivity contribution in [2.24, 2.45) is 0 Å². The Hall–Kier alpha value is -3.34. The monoisotopic (exact) mass is 473 g/mol. The number of nitrogens with two attached hydrogens (primary N) is 1. The van der Waals surface area contributed by atoms with E-state index in [2.05, 4.69) is 20.7 Å². The first kappa shape index (κ1) is 20.6. The maximum Gasteiger partial charge on any atom is 0.254 e. The Morgan fingerprint density at radius 1 is 1.19 bits per heavy atom. The highest BCUT2D eigenvalue weighted by Gasteiger charge is 2.35. The van der Waals surface area contributed by atoms with Crippen molar-refractivity contribution < 1.29 is 14.4 Å². The number of nitrogen functional groups attached to an aromatic ring is 1. The Labute approximate surface area is 191 Å². The summed E-state index contributed by atoms with van der Waals surface area (Å²) in [7, 11) is 0. The highest BCUT2D eigenvalue weighted by Crippen LogP contribution is 2.33. The molecule has 3 heterocycles. The average Bonchev–Trinajstić information content (AvgIpc) is 3.49. The number of amides is 1. The van der Waals surface area contributed by atoms with E-state index in [4.69, 9.17) is 33.5 Å². The summed E-state index contributed by atoms with van der Waals surface area (Å²) in [5.41, 5.74) is 7.84. The third-order valence-electron chi connectivity index (χ3n) is 5.42. The van der Waals surface area contributed by atoms with Crippen LogP contribution < -0.4 is 16.0 Å². The number of β-amino-alcohol motifs (C(OH)–C–C–N with tert-alkyl or cyclic N) is 1. The van der Waals surface area contributed by atoms with Crippen molar-refractivity contribution in [3.05, 3.63) is 58.6 Å². The first-order valence-corrected chi connectivity index (χ1v) is 10.4. The number of anilines is 2. The van der Waals surface area contributed by atoms with Crippen LogP contribution in [0.2, 0.25) is 10.0 Å². The molecule has 4 aromatic rings. The number of benzene rings is 2. The zero-order valence-electron chi connectivity index (χ0n) is 16.4. The van der Waals surface area contributed by atoms with E-state index in [0.29, 0.717) is 35.6 Å². The summed E-state index contributed by atoms with van der Waals surface area (Å²) in [6.45, 7) is 0.638. The molecule has 1 fully saturated rings. The highest BCUT2D eigenvalue weighted by molar-refractivity contribution is 6.40. The van der Waals surface area contributed by atoms with Crippen LogP contribution in [0, 0.1) is 0 Å². The molecule has 0 aliphatic carbocycles. The normalized spacial score (nSPS) is 18.4. The second-order valence-corrected chi connectivity index (χ2v) is 8.24. The van der Waals surface area contributed by atoms with Gasteiger partial charge in [0, 0.05) is 13.1 Å². The van der Waals surface area contributed by atoms with Crippen LogP contribution in [0.25, 0.3) is 16.7 Å². The summed E-state index contributed by atoms with van der Waals surface area (Å²) >= 11 is 12.7. The van der Waals surface area contributed by atoms with Gasteiger partial charge in [-0.05, 0) is 24.3 Å². The van der Waals surface area contributed by atoms with Crippen LogP contribution in [0.1, 0.15) is 10.4 Å². The van der Waals surface area contributed by atoms with Gasteiger partial charge in [0.15, 0.2) is 11.4 Å². The molecule has 164 valence electrons. The third-order valence-corrected chi connectivity index (χ3v) is 6.02. The van der Waals surface area contributed by atoms with E-state index in [1.807, 2.05) is 23.1 Å². The molecule has 10 nitrogen and oxygen atoms in total. The lowest BCUT2D eigenvalue weighted by atomic mass is 10.1. The minimum absolute atomic E-state index is 0.126. The number of carbonyl (C=O) groups excluding carboxylic acids is 1. The van der Waals surface area contributed by atoms with E-state index < -0.39 is 18.1 Å². The van der Waals surface area contributed by atoms with E-state index in [1.165, 1.54) is 12.7 Å². The highest BCUT2D eigenvalue weighted by atomic mass is 35.5. The summed E-state index contributed by atoms with van der Waals surface area (Å²) in [5.74, 6) is -0.186. The Bertz CT molecular complexity index is 1290. The first-order valence-electron chi connectivity index (χ1n) is 9.64. The van der Waals surface area contributed by atoms with E-state index >= 15 is 0 Å². The van der Waals surface area contributed by atoms with Gasteiger partial charge in [-0.15, -0.1) is 10.2 Å². The fourth-order valence-corrected chi connectivity index (χ4v) is 4.49. The summed E-state index contributed by atoms with van der Waals surface area (Å²) in [6.07, 6.45) is 2.17. The Morgan fingerprint density at radius 3 is 2.62 bits per heavy atom. The van der Waals surface area contributed by atoms with Gasteiger partial charge in [0.2, 0.25) is 0 Å². The minimum atomic E-state index is -0.816. The van der Waals surface area contributed by atoms with Gasteiger partial charge in [-0.1, -0.05) is 34.4 Å². The quantitative estimate of drug-likeness (QED) is 0.410. The predicted octanol–water partition coefficient (Wildman–Crippen LogP) is 2.28. The fourth-order valence-electron chi connectivity index (χ4n) is 3.84. The molecule has 0 radical (unpaired) electrons. The SMILES string of the molecule is Nc1noc2c(N3C[C@H](NC(=O)c4c(Cl)cc(-n5cnnc5)cc4Cl)[C@@H](O)C3)cccc12. The number of aromatic nitrogens is 4. The Morgan fingerprint density at radius 2 is 1.91 bits per heavy atom. The van der Waals surface area contributed by atoms with E-state index in [-0.39, 0.29) is 15.6 Å². The number of carbonyl (C=O) groups is 1. The summed E-state index contributed by atoms with van der Waals surface area (Å²) in [6, 6.07) is 8.13. The number of hydrogen-bond acceptors (Lipinski definition) is 8. The van der Waals surface area contributed by atoms with Gasteiger partial charge in [0.25, 0.3) is 5.91 Å². The number of para-hydroxylation sites is 1. The molecule has 32 heavy (non-hydrogen) atoms. The van der Waals surface area contributed by atoms with Gasteiger partial charge in [-0.25, -0.2) is 0 Å². The molecule has 2 atom stereocenters. The topological polar surface area (TPSA) is 135 Å². The maximum absolute atomic E-state index is 13.0. The van der Waals surface area contributed by atoms with E-state index in [9.17, 15) is 9.90 Å². The van der Waals surface area contributed by atoms with Crippen LogP contribution in [0.15, 0.2) is 47.5 Å². The molecule has 0 spiro atoms. The van der Waals surface area contributed by atoms with E-state index in [1.54, 1.807) is 16.7 Å². The van der Waals surface area contributed by atoms with Crippen molar-refractivity contribution in [1.29, 1.82) is 0 Å². The van der Waals surface area contributed by atoms with Crippen LogP contribution in [-0.4, -0.2) is 56.2 Å². The molecular formula is C20H17Cl2N7O3. The fraction of sp³-hybridized carbons (Fsp3) is 0.200. The molecule has 1 amide bonds. The number of nitrogens with one attached hydrogen (secondary N) is 1. The van der Waals surface area contributed by atoms with Crippen LogP contribution in [0.3, 0.4) is 0 Å². The molecular weight excluding hydrogens is 457 g/mol. The first-order chi connectivity index (χ1) is 15.4. The summed E-state index contributed by atoms with van der Waals surface area (Å²) in [4.78, 5) is 14.9. The number of rotatable bonds is 4. The van der Waals surface area contributed by atoms with Crippen molar-refractivity contribution in [3.8, 4) is 5.69 Å². The number of hydrogen-bond donors (Lipinski definition) is 3. The van der Waals surface area contributed by atoms with Crippen LogP contribution in [0.5, 0.6) is 0 Å². The van der Waals surface area contributed by atoms with Crippen LogP contribution >= 0.6 is 23.2 Å². The number of nitrogens with zero attached hydrogens (tertiary/aromatic N) is 5. The van der Waals surface area contributed by atoms with E-state index in [0.717, 1.165) is 5.69 Å². The minimum Gasteiger partial charge on any atom is -0.389 e. The van der Waals surface area contributed by atoms with Gasteiger partial charge in [0.1, 0.15) is 12.7 Å². The molecule has 1 aliphatic rings. The molecule has 2 aromatic heterocycles. The third kappa shape index (κ3) is 3.52. The summed E-state index contributed by atoms with van der Waals surface area (Å²) < 4.78 is 6.97. The molecule has 2 aromatic carbocycles. The molecule has 12 heteroatoms. The van der Waals surface area contributed by atoms with Crippen molar-refractivity contribution in [3.63, 3.8) is 0 Å². The van der Waals surface area contributed by atoms with Crippen molar-refractivity contribution in [2.75, 3.05) is 23.7 Å². The standard InChI is InChI=1S/C20H17Cl2N7O3/c21-12-4-10(29-8-24-25-9-29)5-13(22)17(12)20(31)26-14-6-28(7-16(14)30)15-3-1-2-11-18(15)32-27-19(11)23/h1-5,8-9,14,16,30H,6-7H2,(H2,23,27)(H,26,31)/t14-,16-/m0/s1. The number of fused-ring (bicyclic) bond motifs is 1. The van der Waals surface area contributed by atoms with Crippen molar-refractivity contribution >= 4 is 51.6 Å². The van der Waals surface area contributed by atoms with Gasteiger partial charge >= 0.3 is 0 Å². The van der Waals surface area contributed by atoms with Crippen LogP contribution in [-0.2, 0) is 0 Å². The largest absolute Gasteiger partial charge is 0.389 e. The molecule has 1 saturated heterocycles. The van der Waals surface area contributed by atoms with Gasteiger partial charge < -0.3 is 25.6 Å². The van der Waals surface area contributed by atoms with Crippen molar-refractivity contribution in [2.45, 2.75) is 12.1 Å². The molecule has 4 N–H and O–H groups in total. The second kappa shape index (κ2) is 7.97. The lowest BCUT2D eigenvalue weighted by molar-refractivity contribution is 0.0889. The van der Waals surface area contributed by atoms with Gasteiger partial charge in [-0.2, -0.15) is 0 Å². The maximum atomic E-state index is 13.0. The Balaban J connectivity index is 1.36. The molecule has 0 saturated carbocycles. The molecule has 5 rings (SSSR count). The van der Waals surface area contributed by atoms with Gasteiger partial charge in [0.05, 0.1) is 44.5 Å². The Kier molecular flexibility index (Phi) is 5.12. The molecule has 0 bridgehead atoms. The second-order valence-electron chi connectivity index (χ2n) is 7.43.